The van der Waals surface area contributed by atoms with E-state index >= 15 is 0 Å². The van der Waals surface area contributed by atoms with Crippen LogP contribution in [0.25, 0.3) is 0 Å². The number of carbonyl (C=O) groups is 2. The number of hydrogen-bond acceptors (Lipinski definition) is 11. The summed E-state index contributed by atoms with van der Waals surface area (Å²) in [7, 11) is 0. The largest absolute Gasteiger partial charge is 0.481 e. The van der Waals surface area contributed by atoms with Crippen molar-refractivity contribution in [1.82, 2.24) is 0 Å². The van der Waals surface area contributed by atoms with Gasteiger partial charge in [0.05, 0.1) is 6.61 Å². The Kier molecular flexibility index (Phi) is 25.6. The van der Waals surface area contributed by atoms with E-state index in [4.69, 9.17) is 42.6 Å². The Morgan fingerprint density at radius 1 is 0.531 bits per heavy atom. The molecule has 0 aromatic rings. The zero-order valence-electron chi connectivity index (χ0n) is 32.1. The average molecular weight is 711 g/mol. The molecule has 0 aromatic carbocycles. The van der Waals surface area contributed by atoms with Crippen molar-refractivity contribution in [3.05, 3.63) is 0 Å². The van der Waals surface area contributed by atoms with Gasteiger partial charge < -0.3 is 52.8 Å². The molecule has 0 spiro atoms. The molecule has 0 saturated heterocycles. The van der Waals surface area contributed by atoms with Gasteiger partial charge in [0.25, 0.3) is 5.79 Å². The van der Waals surface area contributed by atoms with Gasteiger partial charge in [0.2, 0.25) is 0 Å². The molecule has 0 amide bonds. The van der Waals surface area contributed by atoms with Crippen LogP contribution in [0.5, 0.6) is 0 Å². The molecule has 49 heavy (non-hydrogen) atoms. The number of carboxylic acid groups (broad SMARTS) is 2. The lowest BCUT2D eigenvalue weighted by atomic mass is 9.67. The SMILES string of the molecule is CCCCCOC(C(OCC)(OCC)OCC)C(CCCCCC(=O)O)(C(=O)O)C(OCC)(OCCCCC)C(OCC)(OCC)OCC. The van der Waals surface area contributed by atoms with Gasteiger partial charge in [0.15, 0.2) is 11.5 Å². The van der Waals surface area contributed by atoms with Gasteiger partial charge in [0.1, 0.15) is 0 Å². The molecule has 0 aliphatic heterocycles. The molecular weight excluding hydrogens is 640 g/mol. The first kappa shape index (κ1) is 47.6. The van der Waals surface area contributed by atoms with Crippen molar-refractivity contribution in [2.24, 2.45) is 5.41 Å². The van der Waals surface area contributed by atoms with Gasteiger partial charge in [-0.1, -0.05) is 52.4 Å². The Balaban J connectivity index is 8.51. The molecule has 2 N–H and O–H groups in total. The fraction of sp³-hybridized carbons (Fsp3) is 0.944. The highest BCUT2D eigenvalue weighted by molar-refractivity contribution is 5.77. The summed E-state index contributed by atoms with van der Waals surface area (Å²) in [5.74, 6) is -8.89. The second-order valence-corrected chi connectivity index (χ2v) is 11.6. The minimum absolute atomic E-state index is 0.0236. The lowest BCUT2D eigenvalue weighted by Gasteiger charge is -2.58. The summed E-state index contributed by atoms with van der Waals surface area (Å²) in [5.41, 5.74) is -2.26. The van der Waals surface area contributed by atoms with Crippen molar-refractivity contribution >= 4 is 11.9 Å². The van der Waals surface area contributed by atoms with Gasteiger partial charge in [-0.25, -0.2) is 0 Å². The highest BCUT2D eigenvalue weighted by Crippen LogP contribution is 2.56. The highest BCUT2D eigenvalue weighted by Gasteiger charge is 2.79. The maximum absolute atomic E-state index is 14.6. The van der Waals surface area contributed by atoms with Gasteiger partial charge >= 0.3 is 23.9 Å². The van der Waals surface area contributed by atoms with E-state index in [1.165, 1.54) is 0 Å². The van der Waals surface area contributed by atoms with Crippen molar-refractivity contribution in [1.29, 1.82) is 0 Å². The third-order valence-corrected chi connectivity index (χ3v) is 8.08. The van der Waals surface area contributed by atoms with Crippen LogP contribution in [-0.4, -0.2) is 105 Å². The quantitative estimate of drug-likeness (QED) is 0.0506. The lowest BCUT2D eigenvalue weighted by molar-refractivity contribution is -0.533. The molecule has 0 rings (SSSR count). The Morgan fingerprint density at radius 2 is 1.00 bits per heavy atom. The van der Waals surface area contributed by atoms with Gasteiger partial charge in [-0.3, -0.25) is 9.59 Å². The molecule has 13 nitrogen and oxygen atoms in total. The molecule has 0 bridgehead atoms. The number of carboxylic acids is 2. The molecule has 3 atom stereocenters. The molecule has 0 fully saturated rings. The van der Waals surface area contributed by atoms with Crippen molar-refractivity contribution in [3.63, 3.8) is 0 Å². The molecule has 13 heteroatoms. The Hall–Kier alpha value is -1.42. The second kappa shape index (κ2) is 26.4. The zero-order chi connectivity index (χ0) is 37.2. The summed E-state index contributed by atoms with van der Waals surface area (Å²) >= 11 is 0. The van der Waals surface area contributed by atoms with Gasteiger partial charge in [-0.2, -0.15) is 0 Å². The minimum atomic E-state index is -2.34. The smallest absolute Gasteiger partial charge is 0.342 e. The van der Waals surface area contributed by atoms with Crippen LogP contribution in [-0.2, 0) is 52.2 Å². The number of rotatable bonds is 35. The van der Waals surface area contributed by atoms with Crippen LogP contribution in [0.2, 0.25) is 0 Å². The number of hydrogen-bond donors (Lipinski definition) is 2. The first-order valence-corrected chi connectivity index (χ1v) is 18.7. The van der Waals surface area contributed by atoms with E-state index in [9.17, 15) is 19.8 Å². The van der Waals surface area contributed by atoms with Crippen LogP contribution in [0.4, 0.5) is 0 Å². The maximum atomic E-state index is 14.6. The van der Waals surface area contributed by atoms with Crippen LogP contribution < -0.4 is 0 Å². The highest BCUT2D eigenvalue weighted by atomic mass is 16.9. The van der Waals surface area contributed by atoms with Crippen LogP contribution >= 0.6 is 0 Å². The van der Waals surface area contributed by atoms with Crippen molar-refractivity contribution in [3.8, 4) is 0 Å². The summed E-state index contributed by atoms with van der Waals surface area (Å²) in [4.78, 5) is 26.0. The van der Waals surface area contributed by atoms with Gasteiger partial charge in [0, 0.05) is 59.3 Å². The first-order chi connectivity index (χ1) is 23.5. The Morgan fingerprint density at radius 3 is 1.41 bits per heavy atom. The average Bonchev–Trinajstić information content (AvgIpc) is 3.05. The van der Waals surface area contributed by atoms with Gasteiger partial charge in [-0.05, 0) is 74.1 Å². The second-order valence-electron chi connectivity index (χ2n) is 11.6. The number of aliphatic carboxylic acids is 2. The summed E-state index contributed by atoms with van der Waals surface area (Å²) in [6.45, 7) is 17.0. The van der Waals surface area contributed by atoms with E-state index in [0.29, 0.717) is 25.7 Å². The minimum Gasteiger partial charge on any atom is -0.481 e. The van der Waals surface area contributed by atoms with Crippen LogP contribution in [0, 0.1) is 5.41 Å². The molecule has 0 aromatic heterocycles. The molecule has 3 unspecified atom stereocenters. The molecular formula is C36H70O13. The number of ether oxygens (including phenoxy) is 9. The molecule has 0 aliphatic rings. The zero-order valence-corrected chi connectivity index (χ0v) is 32.1. The molecule has 0 heterocycles. The van der Waals surface area contributed by atoms with Crippen molar-refractivity contribution in [2.75, 3.05) is 59.5 Å². The third-order valence-electron chi connectivity index (χ3n) is 8.08. The van der Waals surface area contributed by atoms with Crippen molar-refractivity contribution in [2.45, 2.75) is 157 Å². The first-order valence-electron chi connectivity index (χ1n) is 18.7. The predicted molar refractivity (Wildman–Crippen MR) is 185 cm³/mol. The monoisotopic (exact) mass is 710 g/mol. The standard InChI is InChI=1S/C36H70O13/c1-10-19-24-28-41-31(34(42-12-3,43-13-4)44-14-5)33(32(39)40,27-23-21-22-26-30(37)38)35(45-15-6,49-29-25-20-11-2)36(46-16-7,47-17-8)48-18-9/h31H,10-29H2,1-9H3,(H,37,38)(H,39,40). The lowest BCUT2D eigenvalue weighted by Crippen LogP contribution is -2.78. The summed E-state index contributed by atoms with van der Waals surface area (Å²) in [6, 6.07) is 0. The van der Waals surface area contributed by atoms with E-state index < -0.39 is 41.2 Å². The number of unbranched alkanes of at least 4 members (excludes halogenated alkanes) is 6. The van der Waals surface area contributed by atoms with Crippen LogP contribution in [0.15, 0.2) is 0 Å². The maximum Gasteiger partial charge on any atom is 0.342 e. The van der Waals surface area contributed by atoms with E-state index in [2.05, 4.69) is 13.8 Å². The molecule has 0 saturated carbocycles. The van der Waals surface area contributed by atoms with Crippen LogP contribution in [0.1, 0.15) is 133 Å². The van der Waals surface area contributed by atoms with Gasteiger partial charge in [-0.15, -0.1) is 0 Å². The fourth-order valence-electron chi connectivity index (χ4n) is 6.24. The molecule has 292 valence electrons. The van der Waals surface area contributed by atoms with E-state index in [0.717, 1.165) is 25.7 Å². The van der Waals surface area contributed by atoms with Crippen LogP contribution in [0.3, 0.4) is 0 Å². The van der Waals surface area contributed by atoms with E-state index in [1.807, 2.05) is 0 Å². The summed E-state index contributed by atoms with van der Waals surface area (Å²) in [5, 5.41) is 21.2. The molecule has 0 aliphatic carbocycles. The summed E-state index contributed by atoms with van der Waals surface area (Å²) < 4.78 is 58.3. The Bertz CT molecular complexity index is 823. The third kappa shape index (κ3) is 12.9. The topological polar surface area (TPSA) is 158 Å². The Labute approximate surface area is 295 Å². The molecule has 0 radical (unpaired) electrons. The normalized spacial score (nSPS) is 15.5. The van der Waals surface area contributed by atoms with E-state index in [1.54, 1.807) is 48.5 Å². The fourth-order valence-corrected chi connectivity index (χ4v) is 6.24. The van der Waals surface area contributed by atoms with E-state index in [-0.39, 0.29) is 78.7 Å². The van der Waals surface area contributed by atoms with Crippen molar-refractivity contribution < 1.29 is 62.4 Å². The predicted octanol–water partition coefficient (Wildman–Crippen LogP) is 7.13. The summed E-state index contributed by atoms with van der Waals surface area (Å²) in [6.07, 6.45) is 3.82.